The van der Waals surface area contributed by atoms with Crippen LogP contribution in [0.1, 0.15) is 80.1 Å². The van der Waals surface area contributed by atoms with Crippen molar-refractivity contribution >= 4 is 17.8 Å². The van der Waals surface area contributed by atoms with Crippen molar-refractivity contribution in [3.8, 4) is 11.1 Å². The molecule has 4 N–H and O–H groups in total. The summed E-state index contributed by atoms with van der Waals surface area (Å²) in [6.07, 6.45) is 4.16. The molecule has 4 rings (SSSR count). The Morgan fingerprint density at radius 2 is 1.80 bits per heavy atom. The molecule has 0 radical (unpaired) electrons. The molecule has 9 nitrogen and oxygen atoms in total. The maximum absolute atomic E-state index is 13.9. The minimum absolute atomic E-state index is 0.0395. The van der Waals surface area contributed by atoms with E-state index in [-0.39, 0.29) is 29.6 Å². The molecule has 9 heteroatoms. The molecule has 3 aromatic rings. The standard InChI is InChI=1S/C31H37N5O4/c1-3-5-10-26-34-28(22-15-16-22)25(18-27(37)33-17-4-2)30(38)36(26)19-20-11-13-21(14-12-20)23-8-6-7-9-24(23)29(32)35-31(39)40/h6-9,11-14,22H,3-5,10,15-19H2,1-2H3,(H2,32,35)(H,33,37)(H,39,40). The number of aromatic nitrogens is 2. The summed E-state index contributed by atoms with van der Waals surface area (Å²) in [5.41, 5.74) is 4.09. The van der Waals surface area contributed by atoms with Crippen LogP contribution in [-0.4, -0.2) is 39.0 Å². The van der Waals surface area contributed by atoms with Crippen LogP contribution in [0.25, 0.3) is 11.1 Å². The van der Waals surface area contributed by atoms with Crippen molar-refractivity contribution in [2.45, 2.75) is 71.3 Å². The second-order valence-electron chi connectivity index (χ2n) is 10.2. The Hall–Kier alpha value is -4.27. The molecule has 1 fully saturated rings. The first-order valence-corrected chi connectivity index (χ1v) is 14.0. The highest BCUT2D eigenvalue weighted by atomic mass is 16.4. The lowest BCUT2D eigenvalue weighted by Gasteiger charge is -2.18. The minimum Gasteiger partial charge on any atom is -0.465 e. The molecule has 0 spiro atoms. The molecule has 0 bridgehead atoms. The number of nitrogens with one attached hydrogen (secondary N) is 3. The molecule has 0 atom stereocenters. The Balaban J connectivity index is 1.67. The Morgan fingerprint density at radius 1 is 1.07 bits per heavy atom. The SMILES string of the molecule is CCCCc1nc(C2CC2)c(CC(=O)NCCC)c(=O)n1Cc1ccc(-c2ccccc2C(=N)NC(=O)O)cc1. The summed E-state index contributed by atoms with van der Waals surface area (Å²) < 4.78 is 1.72. The number of unbranched alkanes of at least 4 members (excludes halogenated alkanes) is 1. The van der Waals surface area contributed by atoms with Crippen LogP contribution in [0.2, 0.25) is 0 Å². The van der Waals surface area contributed by atoms with E-state index in [0.29, 0.717) is 30.6 Å². The first-order valence-electron chi connectivity index (χ1n) is 14.0. The first-order chi connectivity index (χ1) is 19.3. The lowest BCUT2D eigenvalue weighted by Crippen LogP contribution is -2.34. The van der Waals surface area contributed by atoms with Gasteiger partial charge in [0.2, 0.25) is 5.91 Å². The lowest BCUT2D eigenvalue weighted by atomic mass is 9.98. The third kappa shape index (κ3) is 7.02. The topological polar surface area (TPSA) is 137 Å². The number of rotatable bonds is 12. The van der Waals surface area contributed by atoms with Gasteiger partial charge >= 0.3 is 6.09 Å². The summed E-state index contributed by atoms with van der Waals surface area (Å²) in [5, 5.41) is 22.2. The fourth-order valence-corrected chi connectivity index (χ4v) is 4.79. The molecule has 2 amide bonds. The summed E-state index contributed by atoms with van der Waals surface area (Å²) in [6, 6.07) is 14.8. The number of benzene rings is 2. The first kappa shape index (κ1) is 28.7. The number of aryl methyl sites for hydroxylation is 1. The van der Waals surface area contributed by atoms with Crippen molar-refractivity contribution < 1.29 is 14.7 Å². The molecule has 210 valence electrons. The summed E-state index contributed by atoms with van der Waals surface area (Å²) >= 11 is 0. The van der Waals surface area contributed by atoms with Gasteiger partial charge in [0.1, 0.15) is 11.7 Å². The van der Waals surface area contributed by atoms with E-state index in [1.807, 2.05) is 43.3 Å². The average Bonchev–Trinajstić information content (AvgIpc) is 3.79. The number of carbonyl (C=O) groups excluding carboxylic acids is 1. The van der Waals surface area contributed by atoms with Gasteiger partial charge in [-0.3, -0.25) is 24.9 Å². The molecule has 1 aliphatic carbocycles. The largest absolute Gasteiger partial charge is 0.465 e. The van der Waals surface area contributed by atoms with Crippen LogP contribution in [0.15, 0.2) is 53.3 Å². The van der Waals surface area contributed by atoms with E-state index in [0.717, 1.165) is 60.3 Å². The van der Waals surface area contributed by atoms with Gasteiger partial charge in [-0.2, -0.15) is 0 Å². The van der Waals surface area contributed by atoms with Gasteiger partial charge in [0.05, 0.1) is 18.7 Å². The van der Waals surface area contributed by atoms with Gasteiger partial charge in [0.25, 0.3) is 5.56 Å². The predicted octanol–water partition coefficient (Wildman–Crippen LogP) is 4.84. The molecule has 1 aliphatic rings. The number of amidine groups is 1. The minimum atomic E-state index is -1.29. The molecule has 2 aromatic carbocycles. The van der Waals surface area contributed by atoms with Gasteiger partial charge < -0.3 is 10.4 Å². The van der Waals surface area contributed by atoms with Gasteiger partial charge in [-0.25, -0.2) is 9.78 Å². The molecule has 40 heavy (non-hydrogen) atoms. The second kappa shape index (κ2) is 13.2. The van der Waals surface area contributed by atoms with Crippen molar-refractivity contribution in [1.82, 2.24) is 20.2 Å². The van der Waals surface area contributed by atoms with E-state index < -0.39 is 6.09 Å². The van der Waals surface area contributed by atoms with Crippen molar-refractivity contribution in [2.24, 2.45) is 0 Å². The summed E-state index contributed by atoms with van der Waals surface area (Å²) in [4.78, 5) is 42.5. The van der Waals surface area contributed by atoms with Gasteiger partial charge in [0, 0.05) is 30.0 Å². The highest BCUT2D eigenvalue weighted by Gasteiger charge is 2.31. The molecule has 1 heterocycles. The van der Waals surface area contributed by atoms with E-state index >= 15 is 0 Å². The third-order valence-electron chi connectivity index (χ3n) is 7.04. The zero-order chi connectivity index (χ0) is 28.6. The molecule has 1 saturated carbocycles. The molecular formula is C31H37N5O4. The van der Waals surface area contributed by atoms with E-state index in [2.05, 4.69) is 17.6 Å². The Morgan fingerprint density at radius 3 is 2.45 bits per heavy atom. The van der Waals surface area contributed by atoms with Crippen LogP contribution >= 0.6 is 0 Å². The normalized spacial score (nSPS) is 12.7. The highest BCUT2D eigenvalue weighted by Crippen LogP contribution is 2.40. The molecule has 1 aromatic heterocycles. The van der Waals surface area contributed by atoms with Crippen LogP contribution in [0.3, 0.4) is 0 Å². The van der Waals surface area contributed by atoms with Gasteiger partial charge in [0.15, 0.2) is 0 Å². The number of carbonyl (C=O) groups is 2. The number of amides is 2. The molecule has 0 saturated heterocycles. The van der Waals surface area contributed by atoms with Crippen LogP contribution in [0, 0.1) is 5.41 Å². The number of nitrogens with zero attached hydrogens (tertiary/aromatic N) is 2. The summed E-state index contributed by atoms with van der Waals surface area (Å²) in [7, 11) is 0. The second-order valence-corrected chi connectivity index (χ2v) is 10.2. The third-order valence-corrected chi connectivity index (χ3v) is 7.04. The van der Waals surface area contributed by atoms with Crippen LogP contribution in [0.4, 0.5) is 4.79 Å². The number of carboxylic acid groups (broad SMARTS) is 1. The predicted molar refractivity (Wildman–Crippen MR) is 155 cm³/mol. The van der Waals surface area contributed by atoms with Crippen molar-refractivity contribution in [3.63, 3.8) is 0 Å². The average molecular weight is 544 g/mol. The molecular weight excluding hydrogens is 506 g/mol. The van der Waals surface area contributed by atoms with E-state index in [9.17, 15) is 14.4 Å². The Kier molecular flexibility index (Phi) is 9.47. The lowest BCUT2D eigenvalue weighted by molar-refractivity contribution is -0.120. The fourth-order valence-electron chi connectivity index (χ4n) is 4.79. The maximum atomic E-state index is 13.9. The van der Waals surface area contributed by atoms with E-state index in [1.165, 1.54) is 0 Å². The zero-order valence-electron chi connectivity index (χ0n) is 23.1. The summed E-state index contributed by atoms with van der Waals surface area (Å²) in [5.74, 6) is 0.664. The zero-order valence-corrected chi connectivity index (χ0v) is 23.1. The van der Waals surface area contributed by atoms with E-state index in [4.69, 9.17) is 15.5 Å². The quantitative estimate of drug-likeness (QED) is 0.191. The van der Waals surface area contributed by atoms with Crippen molar-refractivity contribution in [3.05, 3.63) is 87.1 Å². The van der Waals surface area contributed by atoms with Crippen LogP contribution < -0.4 is 16.2 Å². The fraction of sp³-hybridized carbons (Fsp3) is 0.387. The number of hydrogen-bond acceptors (Lipinski definition) is 5. The summed E-state index contributed by atoms with van der Waals surface area (Å²) in [6.45, 7) is 5.01. The smallest absolute Gasteiger partial charge is 0.410 e. The van der Waals surface area contributed by atoms with Gasteiger partial charge in [-0.15, -0.1) is 0 Å². The van der Waals surface area contributed by atoms with E-state index in [1.54, 1.807) is 16.7 Å². The molecule has 0 unspecified atom stereocenters. The highest BCUT2D eigenvalue weighted by molar-refractivity contribution is 6.08. The van der Waals surface area contributed by atoms with Crippen LogP contribution in [-0.2, 0) is 24.2 Å². The van der Waals surface area contributed by atoms with Crippen molar-refractivity contribution in [2.75, 3.05) is 6.54 Å². The van der Waals surface area contributed by atoms with Crippen molar-refractivity contribution in [1.29, 1.82) is 5.41 Å². The Labute approximate surface area is 234 Å². The maximum Gasteiger partial charge on any atom is 0.410 e. The van der Waals surface area contributed by atoms with Crippen LogP contribution in [0.5, 0.6) is 0 Å². The van der Waals surface area contributed by atoms with Gasteiger partial charge in [-0.05, 0) is 42.4 Å². The van der Waals surface area contributed by atoms with Gasteiger partial charge in [-0.1, -0.05) is 68.8 Å². The number of hydrogen-bond donors (Lipinski definition) is 4. The molecule has 0 aliphatic heterocycles. The monoisotopic (exact) mass is 543 g/mol. The Bertz CT molecular complexity index is 1440.